The van der Waals surface area contributed by atoms with Gasteiger partial charge in [-0.25, -0.2) is 0 Å². The predicted octanol–water partition coefficient (Wildman–Crippen LogP) is 20.8. The van der Waals surface area contributed by atoms with E-state index in [0.717, 1.165) is 19.3 Å². The van der Waals surface area contributed by atoms with E-state index in [4.69, 9.17) is 18.9 Å². The van der Waals surface area contributed by atoms with Gasteiger partial charge in [0, 0.05) is 25.0 Å². The summed E-state index contributed by atoms with van der Waals surface area (Å²) >= 11 is 0. The van der Waals surface area contributed by atoms with Crippen LogP contribution in [0.1, 0.15) is 198 Å². The van der Waals surface area contributed by atoms with Crippen LogP contribution in [0.2, 0.25) is 0 Å². The van der Waals surface area contributed by atoms with E-state index in [2.05, 4.69) is 13.2 Å². The molecule has 15 atom stereocenters. The van der Waals surface area contributed by atoms with Crippen LogP contribution in [0.15, 0.2) is 25.3 Å². The van der Waals surface area contributed by atoms with Crippen LogP contribution < -0.4 is 0 Å². The molecular formula is C62H90F24O6. The first-order valence-corrected chi connectivity index (χ1v) is 31.1. The number of halogens is 24. The van der Waals surface area contributed by atoms with Crippen molar-refractivity contribution in [3.63, 3.8) is 0 Å². The van der Waals surface area contributed by atoms with Crippen LogP contribution in [-0.2, 0) is 18.9 Å². The summed E-state index contributed by atoms with van der Waals surface area (Å²) < 4.78 is 351. The third-order valence-electron chi connectivity index (χ3n) is 22.0. The van der Waals surface area contributed by atoms with Gasteiger partial charge in [-0.2, -0.15) is 105 Å². The van der Waals surface area contributed by atoms with E-state index in [9.17, 15) is 93.6 Å². The van der Waals surface area contributed by atoms with E-state index in [0.29, 0.717) is 38.7 Å². The zero-order chi connectivity index (χ0) is 71.4. The van der Waals surface area contributed by atoms with E-state index in [1.165, 1.54) is 26.0 Å². The Labute approximate surface area is 522 Å². The molecule has 2 N–H and O–H groups in total. The number of hydrogen-bond donors (Lipinski definition) is 2. The Kier molecular flexibility index (Phi) is 24.4. The lowest BCUT2D eigenvalue weighted by atomic mass is 9.53. The maximum atomic E-state index is 15.2. The number of alkyl halides is 24. The molecule has 6 aliphatic rings. The lowest BCUT2D eigenvalue weighted by Gasteiger charge is -2.54. The molecule has 542 valence electrons. The largest absolute Gasteiger partial charge is 0.460 e. The summed E-state index contributed by atoms with van der Waals surface area (Å²) in [5.74, 6) is -46.8. The molecule has 0 amide bonds. The Morgan fingerprint density at radius 1 is 0.489 bits per heavy atom. The molecule has 15 unspecified atom stereocenters. The van der Waals surface area contributed by atoms with Gasteiger partial charge < -0.3 is 29.2 Å². The molecule has 0 spiro atoms. The number of unbranched alkanes of at least 4 members (excludes halogenated alkanes) is 2. The fourth-order valence-electron chi connectivity index (χ4n) is 16.4. The molecule has 0 aromatic carbocycles. The molecule has 0 aromatic heterocycles. The molecule has 0 heterocycles. The van der Waals surface area contributed by atoms with Gasteiger partial charge in [0.25, 0.3) is 0 Å². The highest BCUT2D eigenvalue weighted by Gasteiger charge is 2.88. The second-order valence-electron chi connectivity index (χ2n) is 28.1. The average molecular weight is 1390 g/mol. The molecule has 30 heteroatoms. The Hall–Kier alpha value is -2.44. The van der Waals surface area contributed by atoms with Crippen molar-refractivity contribution in [2.24, 2.45) is 57.2 Å². The van der Waals surface area contributed by atoms with Crippen molar-refractivity contribution in [2.75, 3.05) is 13.2 Å². The Morgan fingerprint density at radius 2 is 0.891 bits per heavy atom. The maximum Gasteiger partial charge on any atom is 0.460 e. The first-order valence-electron chi connectivity index (χ1n) is 31.1. The van der Waals surface area contributed by atoms with Gasteiger partial charge in [0.2, 0.25) is 0 Å². The van der Waals surface area contributed by atoms with Gasteiger partial charge >= 0.3 is 60.2 Å². The highest BCUT2D eigenvalue weighted by molar-refractivity contribution is 5.20. The van der Waals surface area contributed by atoms with Gasteiger partial charge in [0.15, 0.2) is 23.8 Å². The van der Waals surface area contributed by atoms with Gasteiger partial charge in [-0.05, 0) is 182 Å². The van der Waals surface area contributed by atoms with Crippen LogP contribution in [0.5, 0.6) is 0 Å². The molecular weight excluding hydrogens is 1300 g/mol. The second-order valence-corrected chi connectivity index (χ2v) is 28.1. The maximum absolute atomic E-state index is 15.2. The minimum absolute atomic E-state index is 0.0192. The molecule has 6 rings (SSSR count). The summed E-state index contributed by atoms with van der Waals surface area (Å²) in [7, 11) is 0. The van der Waals surface area contributed by atoms with Crippen molar-refractivity contribution >= 4 is 0 Å². The minimum atomic E-state index is -7.14. The van der Waals surface area contributed by atoms with Crippen LogP contribution in [0.4, 0.5) is 105 Å². The lowest BCUT2D eigenvalue weighted by Crippen LogP contribution is -2.70. The Morgan fingerprint density at radius 3 is 1.28 bits per heavy atom. The smallest absolute Gasteiger partial charge is 0.383 e. The average Bonchev–Trinajstić information content (AvgIpc) is 1.34. The summed E-state index contributed by atoms with van der Waals surface area (Å²) in [5.41, 5.74) is -16.1. The Balaban J connectivity index is 0.000000339. The molecule has 6 saturated carbocycles. The first kappa shape index (κ1) is 82.0. The van der Waals surface area contributed by atoms with Crippen LogP contribution in [0, 0.1) is 57.2 Å². The topological polar surface area (TPSA) is 77.4 Å². The van der Waals surface area contributed by atoms with Crippen molar-refractivity contribution in [1.82, 2.24) is 0 Å². The van der Waals surface area contributed by atoms with Crippen molar-refractivity contribution in [3.05, 3.63) is 25.3 Å². The monoisotopic (exact) mass is 1390 g/mol. The molecule has 0 saturated heterocycles. The molecule has 6 aliphatic carbocycles. The number of ether oxygens (including phenoxy) is 4. The normalized spacial score (nSPS) is 32.0. The van der Waals surface area contributed by atoms with Gasteiger partial charge in [-0.1, -0.05) is 73.0 Å². The van der Waals surface area contributed by atoms with Gasteiger partial charge in [-0.15, -0.1) is 13.2 Å². The van der Waals surface area contributed by atoms with E-state index < -0.39 is 159 Å². The molecule has 0 aliphatic heterocycles. The third kappa shape index (κ3) is 14.3. The summed E-state index contributed by atoms with van der Waals surface area (Å²) in [6.45, 7) is 21.8. The first-order chi connectivity index (χ1) is 41.3. The van der Waals surface area contributed by atoms with E-state index in [1.54, 1.807) is 27.7 Å². The van der Waals surface area contributed by atoms with Gasteiger partial charge in [0.05, 0.1) is 0 Å². The number of rotatable bonds is 27. The molecule has 92 heavy (non-hydrogen) atoms. The number of allylic oxidation sites excluding steroid dienone is 1. The van der Waals surface area contributed by atoms with E-state index in [-0.39, 0.29) is 91.1 Å². The van der Waals surface area contributed by atoms with Crippen LogP contribution in [0.3, 0.4) is 0 Å². The third-order valence-corrected chi connectivity index (χ3v) is 22.0. The number of hydrogen-bond acceptors (Lipinski definition) is 6. The highest BCUT2D eigenvalue weighted by Crippen LogP contribution is 2.73. The molecule has 6 fully saturated rings. The summed E-state index contributed by atoms with van der Waals surface area (Å²) in [6.07, 6.45) is -16.9. The predicted molar refractivity (Wildman–Crippen MR) is 291 cm³/mol. The van der Waals surface area contributed by atoms with Crippen molar-refractivity contribution in [2.45, 2.75) is 293 Å². The van der Waals surface area contributed by atoms with Crippen molar-refractivity contribution < 1.29 is 135 Å². The summed E-state index contributed by atoms with van der Waals surface area (Å²) in [5, 5.41) is 21.0. The molecule has 0 aromatic rings. The van der Waals surface area contributed by atoms with E-state index in [1.807, 2.05) is 13.8 Å². The van der Waals surface area contributed by atoms with E-state index >= 15 is 22.0 Å². The zero-order valence-electron chi connectivity index (χ0n) is 53.3. The fourth-order valence-corrected chi connectivity index (χ4v) is 16.4. The van der Waals surface area contributed by atoms with Gasteiger partial charge in [-0.3, -0.25) is 0 Å². The lowest BCUT2D eigenvalue weighted by molar-refractivity contribution is -0.420. The van der Waals surface area contributed by atoms with Crippen molar-refractivity contribution in [1.29, 1.82) is 0 Å². The van der Waals surface area contributed by atoms with Crippen LogP contribution >= 0.6 is 0 Å². The standard InChI is InChI=1S/C33H50F12O3.C15H17F9O.C14H23F3O2/c1-8-10-16-47-20(3)48-28(32(40,41)42)14-11-12-23(28)25(6,9-2)19-24(4,5)27-15-13-21(17-27)22(18-27)26(7,46)29(34,35)30(36,37)31(38,39)33(43,44)45;1-3-11-5-4-8(6-11)9(7-11)10(2,25)12(16,17)13(18,19)14(20,21)15(22,23)24;1-4-6-10-18-11(3)19-13(14(15,16)17)9-7-8-12(13)5-2/h20-23,46H,8-19H2,1-7H3;3,8-9,25H,1,4-7H2,2H3;5,11-12H,2,4,6-10H2,1,3H3. The quantitative estimate of drug-likeness (QED) is 0.0369. The van der Waals surface area contributed by atoms with Crippen molar-refractivity contribution in [3.8, 4) is 0 Å². The molecule has 6 nitrogen and oxygen atoms in total. The SMILES string of the molecule is C=CC12CCC(C1)C(C(C)(O)C(F)(F)C(F)(F)C(F)(F)C(F)(F)F)C2.C=CC1CCCC1(OC(C)OCCCC)C(F)(F)F.CCCCOC(C)OC1(C(F)(F)F)CCCC1C(C)(CC)CC(C)(C)C12CCC(C1)C(C(C)(O)C(F)(F)C(F)(F)C(F)(F)C(F)(F)F)C2. The highest BCUT2D eigenvalue weighted by atomic mass is 19.4. The van der Waals surface area contributed by atoms with Gasteiger partial charge in [0.1, 0.15) is 11.2 Å². The Bertz CT molecular complexity index is 2440. The summed E-state index contributed by atoms with van der Waals surface area (Å²) in [4.78, 5) is 0. The number of fused-ring (bicyclic) bond motifs is 4. The van der Waals surface area contributed by atoms with Crippen LogP contribution in [-0.4, -0.2) is 119 Å². The zero-order valence-corrected chi connectivity index (χ0v) is 53.3. The summed E-state index contributed by atoms with van der Waals surface area (Å²) in [6, 6.07) is 0. The second kappa shape index (κ2) is 27.3. The molecule has 0 radical (unpaired) electrons. The number of aliphatic hydroxyl groups is 2. The fraction of sp³-hybridized carbons (Fsp3) is 0.935. The minimum Gasteiger partial charge on any atom is -0.383 e. The van der Waals surface area contributed by atoms with Crippen LogP contribution in [0.25, 0.3) is 0 Å². The molecule has 4 bridgehead atoms.